The lowest BCUT2D eigenvalue weighted by Gasteiger charge is -2.14. The number of allylic oxidation sites excluding steroid dienone is 4. The highest BCUT2D eigenvalue weighted by molar-refractivity contribution is 6.01. The smallest absolute Gasteiger partial charge is 0.131 e. The zero-order valence-corrected chi connectivity index (χ0v) is 13.0. The molecule has 1 atom stereocenters. The van der Waals surface area contributed by atoms with Crippen molar-refractivity contribution in [1.82, 2.24) is 15.3 Å². The van der Waals surface area contributed by atoms with Gasteiger partial charge in [0.2, 0.25) is 0 Å². The fourth-order valence-corrected chi connectivity index (χ4v) is 3.42. The lowest BCUT2D eigenvalue weighted by molar-refractivity contribution is 0.682. The maximum Gasteiger partial charge on any atom is 0.131 e. The fourth-order valence-electron chi connectivity index (χ4n) is 3.42. The first-order chi connectivity index (χ1) is 11.1. The number of anilines is 1. The van der Waals surface area contributed by atoms with Crippen LogP contribution in [0.3, 0.4) is 0 Å². The molecule has 4 rings (SSSR count). The molecule has 4 nitrogen and oxygen atoms in total. The molecule has 23 heavy (non-hydrogen) atoms. The molecule has 1 aliphatic carbocycles. The summed E-state index contributed by atoms with van der Waals surface area (Å²) < 4.78 is 0. The molecule has 3 heterocycles. The molecule has 0 spiro atoms. The third-order valence-corrected chi connectivity index (χ3v) is 4.46. The van der Waals surface area contributed by atoms with E-state index < -0.39 is 0 Å². The Morgan fingerprint density at radius 1 is 1.22 bits per heavy atom. The van der Waals surface area contributed by atoms with Crippen LogP contribution in [-0.2, 0) is 0 Å². The zero-order valence-electron chi connectivity index (χ0n) is 13.0. The highest BCUT2D eigenvalue weighted by Crippen LogP contribution is 2.39. The molecule has 3 N–H and O–H groups in total. The summed E-state index contributed by atoms with van der Waals surface area (Å²) in [4.78, 5) is 8.83. The quantitative estimate of drug-likeness (QED) is 0.848. The molecule has 2 aromatic rings. The SMILES string of the molecule is C=C1C=CC=C2C(c3nccc4c(N)nccc34)=C(C)NC2C1. The summed E-state index contributed by atoms with van der Waals surface area (Å²) in [6, 6.07) is 4.15. The highest BCUT2D eigenvalue weighted by Gasteiger charge is 2.30. The Morgan fingerprint density at radius 3 is 2.87 bits per heavy atom. The molecule has 114 valence electrons. The molecule has 2 aliphatic rings. The van der Waals surface area contributed by atoms with Crippen molar-refractivity contribution in [2.75, 3.05) is 5.73 Å². The molecule has 0 aromatic carbocycles. The Bertz CT molecular complexity index is 918. The van der Waals surface area contributed by atoms with Gasteiger partial charge in [-0.25, -0.2) is 4.98 Å². The topological polar surface area (TPSA) is 63.8 Å². The van der Waals surface area contributed by atoms with Crippen molar-refractivity contribution in [3.05, 3.63) is 71.9 Å². The Morgan fingerprint density at radius 2 is 2.00 bits per heavy atom. The summed E-state index contributed by atoms with van der Waals surface area (Å²) in [6.07, 6.45) is 10.7. The van der Waals surface area contributed by atoms with E-state index in [-0.39, 0.29) is 6.04 Å². The van der Waals surface area contributed by atoms with Crippen LogP contribution in [0.4, 0.5) is 5.82 Å². The monoisotopic (exact) mass is 302 g/mol. The van der Waals surface area contributed by atoms with E-state index in [1.54, 1.807) is 12.4 Å². The molecular formula is C19H18N4. The molecular weight excluding hydrogens is 284 g/mol. The van der Waals surface area contributed by atoms with E-state index in [0.717, 1.165) is 39.7 Å². The normalized spacial score (nSPS) is 20.3. The Kier molecular flexibility index (Phi) is 3.05. The summed E-state index contributed by atoms with van der Waals surface area (Å²) in [6.45, 7) is 6.20. The van der Waals surface area contributed by atoms with Crippen LogP contribution in [0.15, 0.2) is 66.2 Å². The predicted octanol–water partition coefficient (Wildman–Crippen LogP) is 3.36. The van der Waals surface area contributed by atoms with Crippen molar-refractivity contribution in [2.24, 2.45) is 0 Å². The third-order valence-electron chi connectivity index (χ3n) is 4.46. The number of pyridine rings is 2. The van der Waals surface area contributed by atoms with Crippen molar-refractivity contribution in [2.45, 2.75) is 19.4 Å². The van der Waals surface area contributed by atoms with Gasteiger partial charge >= 0.3 is 0 Å². The highest BCUT2D eigenvalue weighted by atomic mass is 15.0. The Hall–Kier alpha value is -2.88. The summed E-state index contributed by atoms with van der Waals surface area (Å²) >= 11 is 0. The number of aromatic nitrogens is 2. The number of rotatable bonds is 1. The fraction of sp³-hybridized carbons (Fsp3) is 0.158. The van der Waals surface area contributed by atoms with E-state index in [0.29, 0.717) is 5.82 Å². The van der Waals surface area contributed by atoms with Gasteiger partial charge in [0.05, 0.1) is 11.7 Å². The van der Waals surface area contributed by atoms with E-state index >= 15 is 0 Å². The van der Waals surface area contributed by atoms with Crippen LogP contribution in [0.2, 0.25) is 0 Å². The van der Waals surface area contributed by atoms with Gasteiger partial charge in [-0.3, -0.25) is 4.98 Å². The van der Waals surface area contributed by atoms with Gasteiger partial charge in [0.15, 0.2) is 0 Å². The largest absolute Gasteiger partial charge is 0.383 e. The number of nitrogens with zero attached hydrogens (tertiary/aromatic N) is 2. The molecule has 4 heteroatoms. The number of nitrogens with one attached hydrogen (secondary N) is 1. The van der Waals surface area contributed by atoms with Crippen molar-refractivity contribution in [1.29, 1.82) is 0 Å². The number of nitrogens with two attached hydrogens (primary N) is 1. The molecule has 0 bridgehead atoms. The van der Waals surface area contributed by atoms with Crippen molar-refractivity contribution >= 4 is 22.2 Å². The molecule has 0 fully saturated rings. The molecule has 0 amide bonds. The van der Waals surface area contributed by atoms with E-state index in [1.807, 2.05) is 12.1 Å². The van der Waals surface area contributed by atoms with Gasteiger partial charge in [0.25, 0.3) is 0 Å². The molecule has 2 aromatic heterocycles. The number of hydrogen-bond acceptors (Lipinski definition) is 4. The second-order valence-corrected chi connectivity index (χ2v) is 5.99. The van der Waals surface area contributed by atoms with Gasteiger partial charge in [0.1, 0.15) is 5.82 Å². The maximum absolute atomic E-state index is 6.03. The molecule has 0 saturated heterocycles. The summed E-state index contributed by atoms with van der Waals surface area (Å²) in [5.41, 5.74) is 11.7. The van der Waals surface area contributed by atoms with Gasteiger partial charge in [-0.15, -0.1) is 0 Å². The van der Waals surface area contributed by atoms with Gasteiger partial charge < -0.3 is 11.1 Å². The van der Waals surface area contributed by atoms with Crippen LogP contribution in [0.1, 0.15) is 19.0 Å². The van der Waals surface area contributed by atoms with E-state index in [1.165, 1.54) is 5.57 Å². The minimum Gasteiger partial charge on any atom is -0.383 e. The van der Waals surface area contributed by atoms with Crippen LogP contribution >= 0.6 is 0 Å². The van der Waals surface area contributed by atoms with Crippen molar-refractivity contribution < 1.29 is 0 Å². The minimum absolute atomic E-state index is 0.253. The number of hydrogen-bond donors (Lipinski definition) is 2. The lowest BCUT2D eigenvalue weighted by Crippen LogP contribution is -2.23. The van der Waals surface area contributed by atoms with Crippen LogP contribution in [0, 0.1) is 0 Å². The molecule has 1 aliphatic heterocycles. The summed E-state index contributed by atoms with van der Waals surface area (Å²) in [5, 5.41) is 5.55. The van der Waals surface area contributed by atoms with E-state index in [2.05, 4.69) is 47.0 Å². The van der Waals surface area contributed by atoms with Crippen LogP contribution < -0.4 is 11.1 Å². The Balaban J connectivity index is 1.93. The van der Waals surface area contributed by atoms with Crippen LogP contribution in [-0.4, -0.2) is 16.0 Å². The van der Waals surface area contributed by atoms with Crippen molar-refractivity contribution in [3.8, 4) is 0 Å². The van der Waals surface area contributed by atoms with Crippen LogP contribution in [0.25, 0.3) is 16.3 Å². The first kappa shape index (κ1) is 13.8. The first-order valence-electron chi connectivity index (χ1n) is 7.68. The van der Waals surface area contributed by atoms with E-state index in [4.69, 9.17) is 5.73 Å². The van der Waals surface area contributed by atoms with Gasteiger partial charge in [-0.2, -0.15) is 0 Å². The second-order valence-electron chi connectivity index (χ2n) is 5.99. The van der Waals surface area contributed by atoms with Gasteiger partial charge in [0, 0.05) is 34.4 Å². The molecule has 0 radical (unpaired) electrons. The second kappa shape index (κ2) is 5.09. The minimum atomic E-state index is 0.253. The number of nitrogen functional groups attached to an aromatic ring is 1. The third kappa shape index (κ3) is 2.14. The average Bonchev–Trinajstić information content (AvgIpc) is 2.71. The van der Waals surface area contributed by atoms with Gasteiger partial charge in [-0.1, -0.05) is 30.4 Å². The summed E-state index contributed by atoms with van der Waals surface area (Å²) in [5.74, 6) is 0.537. The standard InChI is InChI=1S/C19H18N4/c1-11-4-3-5-15-16(10-11)23-12(2)17(15)18-13-6-9-22-19(20)14(13)7-8-21-18/h3-9,16,23H,1,10H2,2H3,(H2,20,22). The first-order valence-corrected chi connectivity index (χ1v) is 7.68. The van der Waals surface area contributed by atoms with Crippen LogP contribution in [0.5, 0.6) is 0 Å². The lowest BCUT2D eigenvalue weighted by atomic mass is 9.94. The Labute approximate surface area is 135 Å². The summed E-state index contributed by atoms with van der Waals surface area (Å²) in [7, 11) is 0. The van der Waals surface area contributed by atoms with Gasteiger partial charge in [-0.05, 0) is 31.1 Å². The molecule has 0 saturated carbocycles. The van der Waals surface area contributed by atoms with E-state index in [9.17, 15) is 0 Å². The predicted molar refractivity (Wildman–Crippen MR) is 94.4 cm³/mol. The zero-order chi connectivity index (χ0) is 16.0. The average molecular weight is 302 g/mol. The number of fused-ring (bicyclic) bond motifs is 2. The van der Waals surface area contributed by atoms with Crippen molar-refractivity contribution in [3.63, 3.8) is 0 Å². The molecule has 1 unspecified atom stereocenters. The maximum atomic E-state index is 6.03.